The highest BCUT2D eigenvalue weighted by Gasteiger charge is 2.30. The molecule has 1 atom stereocenters. The molecule has 8 heteroatoms. The van der Waals surface area contributed by atoms with Gasteiger partial charge in [-0.2, -0.15) is 13.2 Å². The van der Waals surface area contributed by atoms with Crippen LogP contribution in [-0.2, 0) is 22.4 Å². The molecule has 1 N–H and O–H groups in total. The minimum absolute atomic E-state index is 0.0112. The molecule has 0 saturated carbocycles. The Morgan fingerprint density at radius 2 is 1.96 bits per heavy atom. The van der Waals surface area contributed by atoms with E-state index in [-0.39, 0.29) is 18.5 Å². The zero-order chi connectivity index (χ0) is 19.9. The quantitative estimate of drug-likeness (QED) is 0.441. The number of carbonyl (C=O) groups excluding carboxylic acids is 1. The fourth-order valence-corrected chi connectivity index (χ4v) is 2.21. The smallest absolute Gasteiger partial charge is 0.382 e. The maximum atomic E-state index is 13.5. The molecular weight excluding hydrogens is 364 g/mol. The molecule has 1 unspecified atom stereocenters. The number of halogens is 4. The van der Waals surface area contributed by atoms with Gasteiger partial charge in [0, 0.05) is 12.1 Å². The molecule has 0 spiro atoms. The second-order valence-corrected chi connectivity index (χ2v) is 5.67. The van der Waals surface area contributed by atoms with Gasteiger partial charge in [0.15, 0.2) is 0 Å². The molecule has 2 rings (SSSR count). The van der Waals surface area contributed by atoms with Crippen molar-refractivity contribution >= 4 is 12.1 Å². The Hall–Kier alpha value is -2.90. The Bertz CT molecular complexity index is 806. The highest BCUT2D eigenvalue weighted by Crippen LogP contribution is 2.29. The largest absolute Gasteiger partial charge is 0.416 e. The Labute approximate surface area is 153 Å². The van der Waals surface area contributed by atoms with Gasteiger partial charge in [-0.15, -0.1) is 0 Å². The van der Waals surface area contributed by atoms with Gasteiger partial charge in [-0.3, -0.25) is 4.79 Å². The summed E-state index contributed by atoms with van der Waals surface area (Å²) < 4.78 is 51.6. The van der Waals surface area contributed by atoms with E-state index in [1.807, 2.05) is 0 Å². The summed E-state index contributed by atoms with van der Waals surface area (Å²) in [6.07, 6.45) is -4.02. The Morgan fingerprint density at radius 1 is 1.22 bits per heavy atom. The van der Waals surface area contributed by atoms with Crippen LogP contribution in [-0.4, -0.2) is 18.2 Å². The molecule has 0 aliphatic heterocycles. The summed E-state index contributed by atoms with van der Waals surface area (Å²) in [5, 5.41) is 6.14. The zero-order valence-corrected chi connectivity index (χ0v) is 14.5. The lowest BCUT2D eigenvalue weighted by atomic mass is 10.1. The third-order valence-corrected chi connectivity index (χ3v) is 3.68. The van der Waals surface area contributed by atoms with Crippen molar-refractivity contribution in [3.63, 3.8) is 0 Å². The molecular formula is C19H18F4N2O2. The van der Waals surface area contributed by atoms with Gasteiger partial charge in [-0.05, 0) is 30.2 Å². The van der Waals surface area contributed by atoms with Crippen molar-refractivity contribution in [1.29, 1.82) is 0 Å². The topological polar surface area (TPSA) is 50.7 Å². The van der Waals surface area contributed by atoms with Crippen LogP contribution in [0.15, 0.2) is 53.7 Å². The monoisotopic (exact) mass is 382 g/mol. The van der Waals surface area contributed by atoms with Crippen molar-refractivity contribution in [2.75, 3.05) is 0 Å². The molecule has 0 bridgehead atoms. The van der Waals surface area contributed by atoms with E-state index in [1.54, 1.807) is 25.1 Å². The number of oxime groups is 1. The predicted molar refractivity (Wildman–Crippen MR) is 92.4 cm³/mol. The van der Waals surface area contributed by atoms with Gasteiger partial charge in [0.2, 0.25) is 6.10 Å². The van der Waals surface area contributed by atoms with E-state index in [9.17, 15) is 22.4 Å². The van der Waals surface area contributed by atoms with Crippen molar-refractivity contribution in [2.24, 2.45) is 5.16 Å². The average Bonchev–Trinajstić information content (AvgIpc) is 2.64. The summed E-state index contributed by atoms with van der Waals surface area (Å²) >= 11 is 0. The highest BCUT2D eigenvalue weighted by molar-refractivity contribution is 5.81. The summed E-state index contributed by atoms with van der Waals surface area (Å²) in [5.41, 5.74) is -0.291. The molecule has 0 fully saturated rings. The third kappa shape index (κ3) is 6.09. The van der Waals surface area contributed by atoms with E-state index in [1.165, 1.54) is 18.2 Å². The standard InChI is InChI=1S/C19H18F4N2O2/c1-2-17(18(26)24-12-14-7-3-4-9-16(14)20)27-25-11-13-6-5-8-15(10-13)19(21,22)23/h3-11,17H,2,12H2,1H3,(H,24,26). The van der Waals surface area contributed by atoms with E-state index in [0.29, 0.717) is 5.56 Å². The van der Waals surface area contributed by atoms with E-state index in [4.69, 9.17) is 4.84 Å². The maximum absolute atomic E-state index is 13.5. The normalized spacial score (nSPS) is 12.8. The van der Waals surface area contributed by atoms with Gasteiger partial charge < -0.3 is 10.2 Å². The van der Waals surface area contributed by atoms with Crippen LogP contribution in [0, 0.1) is 5.82 Å². The van der Waals surface area contributed by atoms with Crippen LogP contribution < -0.4 is 5.32 Å². The number of benzene rings is 2. The summed E-state index contributed by atoms with van der Waals surface area (Å²) in [4.78, 5) is 17.2. The van der Waals surface area contributed by atoms with Crippen LogP contribution in [0.2, 0.25) is 0 Å². The van der Waals surface area contributed by atoms with Gasteiger partial charge in [0.05, 0.1) is 11.8 Å². The summed E-state index contributed by atoms with van der Waals surface area (Å²) in [6.45, 7) is 1.68. The lowest BCUT2D eigenvalue weighted by Gasteiger charge is -2.13. The van der Waals surface area contributed by atoms with Crippen molar-refractivity contribution in [2.45, 2.75) is 32.2 Å². The summed E-state index contributed by atoms with van der Waals surface area (Å²) in [6, 6.07) is 10.6. The number of alkyl halides is 3. The van der Waals surface area contributed by atoms with Gasteiger partial charge in [-0.25, -0.2) is 4.39 Å². The Balaban J connectivity index is 1.93. The number of hydrogen-bond donors (Lipinski definition) is 1. The molecule has 0 saturated heterocycles. The molecule has 2 aromatic rings. The molecule has 4 nitrogen and oxygen atoms in total. The molecule has 0 heterocycles. The van der Waals surface area contributed by atoms with Crippen LogP contribution in [0.1, 0.15) is 30.0 Å². The van der Waals surface area contributed by atoms with E-state index >= 15 is 0 Å². The molecule has 2 aromatic carbocycles. The first-order valence-electron chi connectivity index (χ1n) is 8.19. The molecule has 0 radical (unpaired) electrons. The lowest BCUT2D eigenvalue weighted by molar-refractivity contribution is -0.137. The first kappa shape index (κ1) is 20.4. The van der Waals surface area contributed by atoms with Crippen LogP contribution in [0.3, 0.4) is 0 Å². The molecule has 0 aromatic heterocycles. The highest BCUT2D eigenvalue weighted by atomic mass is 19.4. The number of nitrogens with one attached hydrogen (secondary N) is 1. The molecule has 144 valence electrons. The number of carbonyl (C=O) groups is 1. The number of hydrogen-bond acceptors (Lipinski definition) is 3. The van der Waals surface area contributed by atoms with Crippen molar-refractivity contribution < 1.29 is 27.2 Å². The Kier molecular flexibility index (Phi) is 6.92. The van der Waals surface area contributed by atoms with Crippen LogP contribution in [0.25, 0.3) is 0 Å². The predicted octanol–water partition coefficient (Wildman–Crippen LogP) is 4.29. The van der Waals surface area contributed by atoms with Crippen LogP contribution in [0.4, 0.5) is 17.6 Å². The summed E-state index contributed by atoms with van der Waals surface area (Å²) in [5.74, 6) is -0.934. The van der Waals surface area contributed by atoms with E-state index in [0.717, 1.165) is 18.3 Å². The molecule has 0 aliphatic rings. The lowest BCUT2D eigenvalue weighted by Crippen LogP contribution is -2.35. The second-order valence-electron chi connectivity index (χ2n) is 5.67. The van der Waals surface area contributed by atoms with Gasteiger partial charge in [0.25, 0.3) is 5.91 Å². The van der Waals surface area contributed by atoms with Gasteiger partial charge >= 0.3 is 6.18 Å². The molecule has 1 amide bonds. The van der Waals surface area contributed by atoms with Crippen LogP contribution >= 0.6 is 0 Å². The average molecular weight is 382 g/mol. The third-order valence-electron chi connectivity index (χ3n) is 3.68. The van der Waals surface area contributed by atoms with Crippen LogP contribution in [0.5, 0.6) is 0 Å². The van der Waals surface area contributed by atoms with E-state index in [2.05, 4.69) is 10.5 Å². The van der Waals surface area contributed by atoms with E-state index < -0.39 is 29.6 Å². The van der Waals surface area contributed by atoms with Crippen molar-refractivity contribution in [3.05, 3.63) is 71.0 Å². The first-order valence-corrected chi connectivity index (χ1v) is 8.19. The van der Waals surface area contributed by atoms with Crippen molar-refractivity contribution in [1.82, 2.24) is 5.32 Å². The molecule has 27 heavy (non-hydrogen) atoms. The molecule has 0 aliphatic carbocycles. The van der Waals surface area contributed by atoms with Gasteiger partial charge in [-0.1, -0.05) is 42.4 Å². The van der Waals surface area contributed by atoms with Crippen molar-refractivity contribution in [3.8, 4) is 0 Å². The number of amides is 1. The minimum atomic E-state index is -4.46. The first-order chi connectivity index (χ1) is 12.8. The number of nitrogens with zero attached hydrogens (tertiary/aromatic N) is 1. The van der Waals surface area contributed by atoms with Gasteiger partial charge in [0.1, 0.15) is 5.82 Å². The second kappa shape index (κ2) is 9.16. The summed E-state index contributed by atoms with van der Waals surface area (Å²) in [7, 11) is 0. The fraction of sp³-hybridized carbons (Fsp3) is 0.263. The maximum Gasteiger partial charge on any atom is 0.416 e. The zero-order valence-electron chi connectivity index (χ0n) is 14.5. The Morgan fingerprint density at radius 3 is 2.63 bits per heavy atom. The SMILES string of the molecule is CCC(ON=Cc1cccc(C(F)(F)F)c1)C(=O)NCc1ccccc1F. The fourth-order valence-electron chi connectivity index (χ4n) is 2.21. The minimum Gasteiger partial charge on any atom is -0.382 e. The number of rotatable bonds is 7.